The van der Waals surface area contributed by atoms with Gasteiger partial charge in [0.2, 0.25) is 0 Å². The van der Waals surface area contributed by atoms with Crippen molar-refractivity contribution >= 4 is 21.9 Å². The van der Waals surface area contributed by atoms with E-state index in [1.165, 1.54) is 7.11 Å². The largest absolute Gasteiger partial charge is 0.465 e. The van der Waals surface area contributed by atoms with E-state index in [0.717, 1.165) is 22.0 Å². The first-order valence-electron chi connectivity index (χ1n) is 5.99. The molecule has 3 nitrogen and oxygen atoms in total. The van der Waals surface area contributed by atoms with Crippen LogP contribution in [0.15, 0.2) is 41.0 Å². The van der Waals surface area contributed by atoms with Gasteiger partial charge < -0.3 is 4.74 Å². The molecule has 1 aromatic carbocycles. The average molecular weight is 320 g/mol. The zero-order valence-electron chi connectivity index (χ0n) is 10.8. The smallest absolute Gasteiger partial charge is 0.340 e. The number of benzene rings is 1. The van der Waals surface area contributed by atoms with Crippen LogP contribution in [0.2, 0.25) is 0 Å². The highest BCUT2D eigenvalue weighted by Gasteiger charge is 2.18. The van der Waals surface area contributed by atoms with Crippen molar-refractivity contribution in [2.75, 3.05) is 7.11 Å². The minimum absolute atomic E-state index is 0.345. The second-order valence-corrected chi connectivity index (χ2v) is 4.96. The van der Waals surface area contributed by atoms with Crippen LogP contribution in [0.5, 0.6) is 0 Å². The third-order valence-corrected chi connectivity index (χ3v) is 3.45. The molecule has 0 aliphatic heterocycles. The zero-order valence-corrected chi connectivity index (χ0v) is 12.4. The normalized spacial score (nSPS) is 10.3. The van der Waals surface area contributed by atoms with Gasteiger partial charge in [0.05, 0.1) is 18.4 Å². The Hall–Kier alpha value is -1.68. The summed E-state index contributed by atoms with van der Waals surface area (Å²) in [5, 5.41) is 0. The van der Waals surface area contributed by atoms with E-state index in [-0.39, 0.29) is 5.97 Å². The number of methoxy groups -OCH3 is 1. The molecule has 1 aromatic heterocycles. The van der Waals surface area contributed by atoms with Crippen LogP contribution in [-0.2, 0) is 11.2 Å². The van der Waals surface area contributed by atoms with E-state index in [1.807, 2.05) is 37.3 Å². The molecular formula is C15H14BrNO2. The molecule has 2 rings (SSSR count). The number of carbonyl (C=O) groups is 1. The Morgan fingerprint density at radius 1 is 1.26 bits per heavy atom. The Bertz CT molecular complexity index is 594. The van der Waals surface area contributed by atoms with Crippen LogP contribution in [-0.4, -0.2) is 18.1 Å². The fraction of sp³-hybridized carbons (Fsp3) is 0.200. The summed E-state index contributed by atoms with van der Waals surface area (Å²) in [6.07, 6.45) is 2.49. The molecule has 0 atom stereocenters. The van der Waals surface area contributed by atoms with E-state index >= 15 is 0 Å². The van der Waals surface area contributed by atoms with Gasteiger partial charge in [-0.3, -0.25) is 4.98 Å². The lowest BCUT2D eigenvalue weighted by Gasteiger charge is -2.11. The highest BCUT2D eigenvalue weighted by molar-refractivity contribution is 9.10. The third-order valence-electron chi connectivity index (χ3n) is 2.93. The van der Waals surface area contributed by atoms with Crippen LogP contribution < -0.4 is 0 Å². The van der Waals surface area contributed by atoms with Crippen LogP contribution >= 0.6 is 15.9 Å². The third kappa shape index (κ3) is 2.84. The molecule has 0 aliphatic carbocycles. The number of carbonyl (C=O) groups excluding carboxylic acids is 1. The number of rotatable bonds is 3. The van der Waals surface area contributed by atoms with Crippen LogP contribution in [0, 0.1) is 0 Å². The molecule has 98 valence electrons. The maximum absolute atomic E-state index is 12.0. The number of aryl methyl sites for hydroxylation is 1. The first kappa shape index (κ1) is 13.7. The summed E-state index contributed by atoms with van der Waals surface area (Å²) in [6, 6.07) is 9.57. The minimum atomic E-state index is -0.345. The molecule has 4 heteroatoms. The SMILES string of the molecule is CCc1ccnc(-c2ccc(Br)cc2)c1C(=O)OC. The van der Waals surface area contributed by atoms with Crippen molar-refractivity contribution in [3.8, 4) is 11.3 Å². The molecule has 0 fully saturated rings. The molecule has 0 aliphatic rings. The molecule has 0 unspecified atom stereocenters. The quantitative estimate of drug-likeness (QED) is 0.806. The predicted octanol–water partition coefficient (Wildman–Crippen LogP) is 3.86. The molecular weight excluding hydrogens is 306 g/mol. The van der Waals surface area contributed by atoms with Crippen molar-refractivity contribution in [2.24, 2.45) is 0 Å². The molecule has 0 saturated heterocycles. The van der Waals surface area contributed by atoms with Crippen LogP contribution in [0.4, 0.5) is 0 Å². The highest BCUT2D eigenvalue weighted by Crippen LogP contribution is 2.26. The van der Waals surface area contributed by atoms with Crippen LogP contribution in [0.25, 0.3) is 11.3 Å². The van der Waals surface area contributed by atoms with Crippen molar-refractivity contribution in [3.05, 3.63) is 52.1 Å². The van der Waals surface area contributed by atoms with Crippen LogP contribution in [0.1, 0.15) is 22.8 Å². The number of pyridine rings is 1. The minimum Gasteiger partial charge on any atom is -0.465 e. The summed E-state index contributed by atoms with van der Waals surface area (Å²) >= 11 is 3.40. The summed E-state index contributed by atoms with van der Waals surface area (Å²) in [7, 11) is 1.39. The second kappa shape index (κ2) is 5.97. The van der Waals surface area contributed by atoms with E-state index in [0.29, 0.717) is 11.3 Å². The predicted molar refractivity (Wildman–Crippen MR) is 78.1 cm³/mol. The molecule has 0 spiro atoms. The van der Waals surface area contributed by atoms with E-state index in [4.69, 9.17) is 4.74 Å². The first-order chi connectivity index (χ1) is 9.17. The second-order valence-electron chi connectivity index (χ2n) is 4.05. The number of hydrogen-bond donors (Lipinski definition) is 0. The summed E-state index contributed by atoms with van der Waals surface area (Å²) in [4.78, 5) is 16.3. The fourth-order valence-corrected chi connectivity index (χ4v) is 2.22. The number of halogens is 1. The lowest BCUT2D eigenvalue weighted by Crippen LogP contribution is -2.09. The summed E-state index contributed by atoms with van der Waals surface area (Å²) < 4.78 is 5.86. The lowest BCUT2D eigenvalue weighted by molar-refractivity contribution is 0.0600. The Morgan fingerprint density at radius 3 is 2.53 bits per heavy atom. The maximum Gasteiger partial charge on any atom is 0.340 e. The zero-order chi connectivity index (χ0) is 13.8. The number of nitrogens with zero attached hydrogens (tertiary/aromatic N) is 1. The van der Waals surface area contributed by atoms with Gasteiger partial charge in [0.15, 0.2) is 0 Å². The van der Waals surface area contributed by atoms with Crippen molar-refractivity contribution in [1.82, 2.24) is 4.98 Å². The van der Waals surface area contributed by atoms with Crippen molar-refractivity contribution in [3.63, 3.8) is 0 Å². The standard InChI is InChI=1S/C15H14BrNO2/c1-3-10-8-9-17-14(13(10)15(18)19-2)11-4-6-12(16)7-5-11/h4-9H,3H2,1-2H3. The van der Waals surface area contributed by atoms with E-state index in [2.05, 4.69) is 20.9 Å². The Labute approximate surface area is 120 Å². The van der Waals surface area contributed by atoms with Gasteiger partial charge in [0.25, 0.3) is 0 Å². The Kier molecular flexibility index (Phi) is 4.32. The topological polar surface area (TPSA) is 39.2 Å². The summed E-state index contributed by atoms with van der Waals surface area (Å²) in [6.45, 7) is 2.01. The van der Waals surface area contributed by atoms with Gasteiger partial charge in [0, 0.05) is 16.2 Å². The molecule has 0 saturated carbocycles. The van der Waals surface area contributed by atoms with Gasteiger partial charge in [0.1, 0.15) is 0 Å². The van der Waals surface area contributed by atoms with Gasteiger partial charge in [-0.25, -0.2) is 4.79 Å². The van der Waals surface area contributed by atoms with Gasteiger partial charge in [-0.05, 0) is 30.2 Å². The molecule has 0 radical (unpaired) electrons. The van der Waals surface area contributed by atoms with Crippen molar-refractivity contribution in [1.29, 1.82) is 0 Å². The van der Waals surface area contributed by atoms with Gasteiger partial charge >= 0.3 is 5.97 Å². The number of ether oxygens (including phenoxy) is 1. The first-order valence-corrected chi connectivity index (χ1v) is 6.78. The molecule has 0 N–H and O–H groups in total. The molecule has 0 bridgehead atoms. The fourth-order valence-electron chi connectivity index (χ4n) is 1.95. The number of esters is 1. The van der Waals surface area contributed by atoms with E-state index < -0.39 is 0 Å². The molecule has 0 amide bonds. The number of aromatic nitrogens is 1. The lowest BCUT2D eigenvalue weighted by atomic mass is 10.00. The maximum atomic E-state index is 12.0. The van der Waals surface area contributed by atoms with Crippen molar-refractivity contribution < 1.29 is 9.53 Å². The molecule has 2 aromatic rings. The summed E-state index contributed by atoms with van der Waals surface area (Å²) in [5.41, 5.74) is 3.06. The molecule has 19 heavy (non-hydrogen) atoms. The van der Waals surface area contributed by atoms with E-state index in [1.54, 1.807) is 6.20 Å². The van der Waals surface area contributed by atoms with Gasteiger partial charge in [-0.15, -0.1) is 0 Å². The highest BCUT2D eigenvalue weighted by atomic mass is 79.9. The monoisotopic (exact) mass is 319 g/mol. The van der Waals surface area contributed by atoms with Gasteiger partial charge in [-0.1, -0.05) is 35.0 Å². The Balaban J connectivity index is 2.62. The van der Waals surface area contributed by atoms with Gasteiger partial charge in [-0.2, -0.15) is 0 Å². The number of hydrogen-bond acceptors (Lipinski definition) is 3. The van der Waals surface area contributed by atoms with E-state index in [9.17, 15) is 4.79 Å². The Morgan fingerprint density at radius 2 is 1.95 bits per heavy atom. The van der Waals surface area contributed by atoms with Crippen LogP contribution in [0.3, 0.4) is 0 Å². The molecule has 1 heterocycles. The summed E-state index contributed by atoms with van der Waals surface area (Å²) in [5.74, 6) is -0.345. The average Bonchev–Trinajstić information content (AvgIpc) is 2.46. The van der Waals surface area contributed by atoms with Crippen molar-refractivity contribution in [2.45, 2.75) is 13.3 Å².